The van der Waals surface area contributed by atoms with Crippen molar-refractivity contribution in [1.82, 2.24) is 15.3 Å². The predicted molar refractivity (Wildman–Crippen MR) is 108 cm³/mol. The van der Waals surface area contributed by atoms with E-state index in [0.717, 1.165) is 21.5 Å². The second-order valence-corrected chi connectivity index (χ2v) is 6.74. The summed E-state index contributed by atoms with van der Waals surface area (Å²) >= 11 is 1.38. The number of hydrogen-bond donors (Lipinski definition) is 1. The lowest BCUT2D eigenvalue weighted by Gasteiger charge is -2.14. The van der Waals surface area contributed by atoms with Crippen LogP contribution in [0, 0.1) is 0 Å². The molecular weight excluding hydrogens is 378 g/mol. The monoisotopic (exact) mass is 399 g/mol. The summed E-state index contributed by atoms with van der Waals surface area (Å²) in [7, 11) is 4.70. The molecular formula is C20H21N3O4S. The lowest BCUT2D eigenvalue weighted by Crippen LogP contribution is -2.25. The van der Waals surface area contributed by atoms with E-state index in [0.29, 0.717) is 23.8 Å². The summed E-state index contributed by atoms with van der Waals surface area (Å²) in [5.41, 5.74) is 1.65. The van der Waals surface area contributed by atoms with Gasteiger partial charge in [-0.05, 0) is 12.1 Å². The molecule has 0 fully saturated rings. The molecule has 0 aliphatic carbocycles. The number of fused-ring (bicyclic) bond motifs is 1. The molecule has 0 aliphatic heterocycles. The number of nitrogens with zero attached hydrogens (tertiary/aromatic N) is 2. The highest BCUT2D eigenvalue weighted by Crippen LogP contribution is 2.34. The Morgan fingerprint density at radius 1 is 1.00 bits per heavy atom. The molecule has 146 valence electrons. The van der Waals surface area contributed by atoms with Gasteiger partial charge in [0.1, 0.15) is 17.1 Å². The molecule has 1 aromatic heterocycles. The number of methoxy groups -OCH3 is 3. The second-order valence-electron chi connectivity index (χ2n) is 5.78. The van der Waals surface area contributed by atoms with E-state index in [1.807, 2.05) is 24.3 Å². The minimum absolute atomic E-state index is 0.107. The third-order valence-electron chi connectivity index (χ3n) is 4.11. The molecule has 0 spiro atoms. The molecule has 0 bridgehead atoms. The van der Waals surface area contributed by atoms with Gasteiger partial charge in [-0.25, -0.2) is 9.97 Å². The number of benzene rings is 2. The van der Waals surface area contributed by atoms with E-state index in [-0.39, 0.29) is 11.7 Å². The van der Waals surface area contributed by atoms with Gasteiger partial charge in [-0.3, -0.25) is 4.79 Å². The van der Waals surface area contributed by atoms with Gasteiger partial charge in [-0.2, -0.15) is 0 Å². The molecule has 2 aromatic carbocycles. The van der Waals surface area contributed by atoms with Gasteiger partial charge < -0.3 is 19.5 Å². The maximum Gasteiger partial charge on any atom is 0.230 e. The summed E-state index contributed by atoms with van der Waals surface area (Å²) < 4.78 is 16.0. The Balaban J connectivity index is 1.64. The summed E-state index contributed by atoms with van der Waals surface area (Å²) in [4.78, 5) is 20.9. The molecule has 7 nitrogen and oxygen atoms in total. The number of carbonyl (C=O) groups is 1. The molecule has 0 aliphatic rings. The maximum absolute atomic E-state index is 12.3. The van der Waals surface area contributed by atoms with Crippen LogP contribution in [0.15, 0.2) is 47.8 Å². The average molecular weight is 399 g/mol. The highest BCUT2D eigenvalue weighted by Gasteiger charge is 2.13. The van der Waals surface area contributed by atoms with Crippen LogP contribution in [0.3, 0.4) is 0 Å². The summed E-state index contributed by atoms with van der Waals surface area (Å²) in [6.45, 7) is 0.313. The maximum atomic E-state index is 12.3. The zero-order valence-corrected chi connectivity index (χ0v) is 16.7. The zero-order valence-electron chi connectivity index (χ0n) is 15.9. The van der Waals surface area contributed by atoms with Gasteiger partial charge in [-0.15, -0.1) is 0 Å². The summed E-state index contributed by atoms with van der Waals surface area (Å²) in [5, 5.41) is 4.62. The number of ether oxygens (including phenoxy) is 3. The summed E-state index contributed by atoms with van der Waals surface area (Å²) in [5.74, 6) is 1.91. The van der Waals surface area contributed by atoms with Crippen molar-refractivity contribution in [1.29, 1.82) is 0 Å². The van der Waals surface area contributed by atoms with Crippen LogP contribution >= 0.6 is 11.8 Å². The first-order chi connectivity index (χ1) is 13.7. The second kappa shape index (κ2) is 9.27. The molecule has 1 amide bonds. The van der Waals surface area contributed by atoms with E-state index in [1.54, 1.807) is 33.5 Å². The van der Waals surface area contributed by atoms with E-state index in [1.165, 1.54) is 18.1 Å². The fraction of sp³-hybridized carbons (Fsp3) is 0.250. The van der Waals surface area contributed by atoms with E-state index in [2.05, 4.69) is 15.3 Å². The fourth-order valence-corrected chi connectivity index (χ4v) is 3.52. The lowest BCUT2D eigenvalue weighted by atomic mass is 10.1. The van der Waals surface area contributed by atoms with Crippen molar-refractivity contribution in [3.8, 4) is 17.2 Å². The highest BCUT2D eigenvalue weighted by atomic mass is 32.2. The van der Waals surface area contributed by atoms with Crippen molar-refractivity contribution in [2.75, 3.05) is 27.1 Å². The number of carbonyl (C=O) groups excluding carboxylic acids is 1. The van der Waals surface area contributed by atoms with Crippen LogP contribution in [0.1, 0.15) is 5.56 Å². The van der Waals surface area contributed by atoms with Gasteiger partial charge in [0.05, 0.1) is 32.6 Å². The minimum Gasteiger partial charge on any atom is -0.496 e. The number of nitrogens with one attached hydrogen (secondary N) is 1. The Kier molecular flexibility index (Phi) is 6.54. The van der Waals surface area contributed by atoms with Crippen molar-refractivity contribution in [2.45, 2.75) is 11.6 Å². The number of thioether (sulfide) groups is 1. The van der Waals surface area contributed by atoms with Gasteiger partial charge in [0, 0.05) is 23.6 Å². The van der Waals surface area contributed by atoms with Crippen LogP contribution in [0.5, 0.6) is 17.2 Å². The molecule has 0 atom stereocenters. The first-order valence-electron chi connectivity index (χ1n) is 8.54. The molecule has 1 N–H and O–H groups in total. The van der Waals surface area contributed by atoms with Crippen LogP contribution in [0.25, 0.3) is 10.9 Å². The van der Waals surface area contributed by atoms with E-state index < -0.39 is 0 Å². The quantitative estimate of drug-likeness (QED) is 0.460. The van der Waals surface area contributed by atoms with Crippen molar-refractivity contribution in [3.05, 3.63) is 48.3 Å². The Hall–Kier alpha value is -3.00. The van der Waals surface area contributed by atoms with Gasteiger partial charge >= 0.3 is 0 Å². The summed E-state index contributed by atoms with van der Waals surface area (Å²) in [6.07, 6.45) is 1.51. The first kappa shape index (κ1) is 19.8. The first-order valence-corrected chi connectivity index (χ1v) is 9.53. The molecule has 0 radical (unpaired) electrons. The molecule has 0 saturated carbocycles. The van der Waals surface area contributed by atoms with Crippen LogP contribution in [0.4, 0.5) is 0 Å². The van der Waals surface area contributed by atoms with Crippen LogP contribution < -0.4 is 19.5 Å². The molecule has 0 unspecified atom stereocenters. The Morgan fingerprint density at radius 2 is 1.71 bits per heavy atom. The number of rotatable bonds is 8. The van der Waals surface area contributed by atoms with Crippen molar-refractivity contribution in [2.24, 2.45) is 0 Å². The summed E-state index contributed by atoms with van der Waals surface area (Å²) in [6, 6.07) is 11.3. The largest absolute Gasteiger partial charge is 0.496 e. The highest BCUT2D eigenvalue weighted by molar-refractivity contribution is 8.00. The Bertz CT molecular complexity index is 976. The minimum atomic E-state index is -0.107. The van der Waals surface area contributed by atoms with Crippen LogP contribution in [-0.2, 0) is 11.3 Å². The standard InChI is InChI=1S/C20H21N3O4S/c1-25-16-9-18(27-3)17(26-2)8-13(16)10-21-19(24)11-28-20-14-6-4-5-7-15(14)22-12-23-20/h4-9,12H,10-11H2,1-3H3,(H,21,24). The van der Waals surface area contributed by atoms with E-state index in [4.69, 9.17) is 14.2 Å². The lowest BCUT2D eigenvalue weighted by molar-refractivity contribution is -0.118. The smallest absolute Gasteiger partial charge is 0.230 e. The normalized spacial score (nSPS) is 10.5. The van der Waals surface area contributed by atoms with E-state index in [9.17, 15) is 4.79 Å². The van der Waals surface area contributed by atoms with Crippen molar-refractivity contribution in [3.63, 3.8) is 0 Å². The molecule has 3 aromatic rings. The molecule has 28 heavy (non-hydrogen) atoms. The number of para-hydroxylation sites is 1. The van der Waals surface area contributed by atoms with Crippen LogP contribution in [0.2, 0.25) is 0 Å². The predicted octanol–water partition coefficient (Wildman–Crippen LogP) is 3.06. The topological polar surface area (TPSA) is 82.6 Å². The molecule has 0 saturated heterocycles. The van der Waals surface area contributed by atoms with Gasteiger partial charge in [0.15, 0.2) is 11.5 Å². The van der Waals surface area contributed by atoms with Gasteiger partial charge in [-0.1, -0.05) is 30.0 Å². The van der Waals surface area contributed by atoms with E-state index >= 15 is 0 Å². The fourth-order valence-electron chi connectivity index (χ4n) is 2.70. The van der Waals surface area contributed by atoms with Crippen molar-refractivity contribution >= 4 is 28.6 Å². The van der Waals surface area contributed by atoms with Crippen LogP contribution in [-0.4, -0.2) is 43.0 Å². The number of hydrogen-bond acceptors (Lipinski definition) is 7. The number of amides is 1. The third-order valence-corrected chi connectivity index (χ3v) is 5.11. The van der Waals surface area contributed by atoms with Crippen molar-refractivity contribution < 1.29 is 19.0 Å². The zero-order chi connectivity index (χ0) is 19.9. The average Bonchev–Trinajstić information content (AvgIpc) is 2.75. The third kappa shape index (κ3) is 4.45. The Labute approximate surface area is 167 Å². The molecule has 8 heteroatoms. The SMILES string of the molecule is COc1cc(OC)c(OC)cc1CNC(=O)CSc1ncnc2ccccc12. The van der Waals surface area contributed by atoms with Gasteiger partial charge in [0.25, 0.3) is 0 Å². The van der Waals surface area contributed by atoms with Gasteiger partial charge in [0.2, 0.25) is 5.91 Å². The Morgan fingerprint density at radius 3 is 2.46 bits per heavy atom. The molecule has 1 heterocycles. The molecule has 3 rings (SSSR count). The number of aromatic nitrogens is 2.